The Morgan fingerprint density at radius 2 is 1.43 bits per heavy atom. The summed E-state index contributed by atoms with van der Waals surface area (Å²) in [6.07, 6.45) is 7.97. The van der Waals surface area contributed by atoms with Crippen molar-refractivity contribution in [2.24, 2.45) is 5.41 Å². The molecular formula is C40H38N3O12S3+. The Balaban J connectivity index is 1.44. The van der Waals surface area contributed by atoms with Gasteiger partial charge in [-0.2, -0.15) is 29.8 Å². The minimum atomic E-state index is -5.02. The van der Waals surface area contributed by atoms with Gasteiger partial charge in [-0.05, 0) is 75.1 Å². The summed E-state index contributed by atoms with van der Waals surface area (Å²) in [5.74, 6) is -2.07. The molecule has 1 aliphatic carbocycles. The Labute approximate surface area is 333 Å². The molecule has 4 aromatic carbocycles. The fourth-order valence-corrected chi connectivity index (χ4v) is 10.5. The number of aliphatic carboxylic acids is 1. The number of nitrogens with one attached hydrogen (secondary N) is 1. The first kappa shape index (κ1) is 40.7. The van der Waals surface area contributed by atoms with E-state index in [0.717, 1.165) is 0 Å². The zero-order chi connectivity index (χ0) is 42.1. The summed E-state index contributed by atoms with van der Waals surface area (Å²) in [5.41, 5.74) is 0.374. The van der Waals surface area contributed by atoms with Gasteiger partial charge in [0.1, 0.15) is 16.3 Å². The largest absolute Gasteiger partial charge is 0.480 e. The van der Waals surface area contributed by atoms with Crippen molar-refractivity contribution in [3.05, 3.63) is 101 Å². The molecule has 0 radical (unpaired) electrons. The van der Waals surface area contributed by atoms with Crippen LogP contribution in [0.25, 0.3) is 38.5 Å². The summed E-state index contributed by atoms with van der Waals surface area (Å²) in [7, 11) is -14.5. The van der Waals surface area contributed by atoms with Crippen LogP contribution >= 0.6 is 0 Å². The van der Waals surface area contributed by atoms with Crippen LogP contribution in [0, 0.1) is 5.41 Å². The van der Waals surface area contributed by atoms with E-state index in [2.05, 4.69) is 5.32 Å². The smallest absolute Gasteiger partial charge is 0.319 e. The second-order valence-corrected chi connectivity index (χ2v) is 18.2. The van der Waals surface area contributed by atoms with Gasteiger partial charge in [-0.25, -0.2) is 0 Å². The lowest BCUT2D eigenvalue weighted by atomic mass is 9.71. The van der Waals surface area contributed by atoms with Crippen molar-refractivity contribution in [2.75, 3.05) is 13.1 Å². The molecule has 1 amide bonds. The van der Waals surface area contributed by atoms with E-state index in [1.165, 1.54) is 18.2 Å². The number of aryl methyl sites for hydroxylation is 1. The third kappa shape index (κ3) is 6.64. The number of hydrogen-bond acceptors (Lipinski definition) is 8. The van der Waals surface area contributed by atoms with E-state index in [0.29, 0.717) is 62.1 Å². The summed E-state index contributed by atoms with van der Waals surface area (Å²) in [6.45, 7) is 6.06. The van der Waals surface area contributed by atoms with Gasteiger partial charge < -0.3 is 15.0 Å². The first-order valence-corrected chi connectivity index (χ1v) is 22.4. The van der Waals surface area contributed by atoms with Gasteiger partial charge in [0.2, 0.25) is 17.3 Å². The Morgan fingerprint density at radius 3 is 2.03 bits per heavy atom. The molecule has 15 nitrogen and oxygen atoms in total. The fourth-order valence-electron chi connectivity index (χ4n) is 8.31. The van der Waals surface area contributed by atoms with Crippen LogP contribution in [0.1, 0.15) is 39.2 Å². The van der Waals surface area contributed by atoms with Crippen LogP contribution in [0.15, 0.2) is 105 Å². The van der Waals surface area contributed by atoms with Crippen LogP contribution in [0.2, 0.25) is 0 Å². The molecule has 0 saturated carbocycles. The summed E-state index contributed by atoms with van der Waals surface area (Å²) in [4.78, 5) is 25.1. The molecule has 58 heavy (non-hydrogen) atoms. The minimum Gasteiger partial charge on any atom is -0.480 e. The van der Waals surface area contributed by atoms with Gasteiger partial charge >= 0.3 is 16.1 Å². The SMILES string of the molecule is CCNC(=O)C1(C(=O)O)CC(=CC=c2c3cccc4c(S(=O)(=O)O)ccc(c43)n2CC)C=C(C=CC2=[N+](CC)c3c(S(=O)(=O)O)cc(S(=O)(=O)O)c4cccc2c34)C1. The van der Waals surface area contributed by atoms with E-state index in [-0.39, 0.29) is 47.3 Å². The van der Waals surface area contributed by atoms with Gasteiger partial charge in [0, 0.05) is 51.6 Å². The number of hydrogen-bond donors (Lipinski definition) is 5. The standard InChI is InChI=1S/C40H37N3O12S3/c1-4-41-38(44)40(39(45)46)21-23(13-15-29-25-9-7-11-27-32(56(47,48)49)18-17-31(35(25)27)42(29)5-2)19-24(22-40)14-16-30-26-10-8-12-28-33(57(50,51)52)20-34(58(53,54)55)37(36(26)28)43(30)6-3/h7-20H,4-6,21-22H2,1-3H3,(H4-,41,44,45,46,47,48,49,50,51,52,53,54,55)/p+1. The zero-order valence-electron chi connectivity index (χ0n) is 31.3. The number of allylic oxidation sites excluding steroid dienone is 6. The summed E-state index contributed by atoms with van der Waals surface area (Å²) < 4.78 is 108. The van der Waals surface area contributed by atoms with Gasteiger partial charge in [0.05, 0.1) is 10.9 Å². The van der Waals surface area contributed by atoms with Crippen LogP contribution in [-0.2, 0) is 46.5 Å². The third-order valence-electron chi connectivity index (χ3n) is 10.7. The van der Waals surface area contributed by atoms with E-state index in [4.69, 9.17) is 0 Å². The maximum Gasteiger partial charge on any atom is 0.319 e. The van der Waals surface area contributed by atoms with Crippen LogP contribution in [0.4, 0.5) is 5.69 Å². The molecule has 2 heterocycles. The molecule has 1 aromatic heterocycles. The second-order valence-electron chi connectivity index (χ2n) is 14.0. The number of carboxylic acids is 1. The van der Waals surface area contributed by atoms with Crippen molar-refractivity contribution in [3.63, 3.8) is 0 Å². The van der Waals surface area contributed by atoms with Crippen molar-refractivity contribution in [1.29, 1.82) is 0 Å². The number of carbonyl (C=O) groups is 2. The molecule has 1 unspecified atom stereocenters. The number of carboxylic acid groups (broad SMARTS) is 1. The second kappa shape index (κ2) is 14.4. The van der Waals surface area contributed by atoms with Gasteiger partial charge in [-0.15, -0.1) is 0 Å². The number of nitrogens with zero attached hydrogens (tertiary/aromatic N) is 2. The van der Waals surface area contributed by atoms with E-state index >= 15 is 0 Å². The molecule has 0 fully saturated rings. The monoisotopic (exact) mass is 848 g/mol. The average Bonchev–Trinajstić information content (AvgIpc) is 3.64. The molecule has 302 valence electrons. The van der Waals surface area contributed by atoms with E-state index in [1.807, 2.05) is 17.6 Å². The lowest BCUT2D eigenvalue weighted by Gasteiger charge is -2.32. The van der Waals surface area contributed by atoms with Crippen LogP contribution in [-0.4, -0.2) is 83.8 Å². The van der Waals surface area contributed by atoms with Crippen molar-refractivity contribution >= 4 is 92.2 Å². The van der Waals surface area contributed by atoms with Crippen molar-refractivity contribution in [1.82, 2.24) is 9.88 Å². The molecule has 5 aromatic rings. The maximum absolute atomic E-state index is 13.7. The number of benzene rings is 4. The molecule has 0 spiro atoms. The lowest BCUT2D eigenvalue weighted by molar-refractivity contribution is -0.433. The highest BCUT2D eigenvalue weighted by Gasteiger charge is 2.48. The Kier molecular flexibility index (Phi) is 10.1. The van der Waals surface area contributed by atoms with E-state index in [9.17, 15) is 53.6 Å². The number of carbonyl (C=O) groups excluding carboxylic acids is 1. The lowest BCUT2D eigenvalue weighted by Crippen LogP contribution is -2.48. The minimum absolute atomic E-state index is 0.00791. The third-order valence-corrected chi connectivity index (χ3v) is 13.3. The molecule has 7 rings (SSSR count). The number of amides is 1. The molecule has 5 N–H and O–H groups in total. The zero-order valence-corrected chi connectivity index (χ0v) is 33.7. The normalized spacial score (nSPS) is 18.7. The maximum atomic E-state index is 13.7. The fraction of sp³-hybridized carbons (Fsp3) is 0.225. The first-order chi connectivity index (χ1) is 27.3. The van der Waals surface area contributed by atoms with Gasteiger partial charge in [0.25, 0.3) is 20.2 Å². The van der Waals surface area contributed by atoms with Crippen LogP contribution < -0.4 is 10.7 Å². The molecule has 18 heteroatoms. The topological polar surface area (TPSA) is 237 Å². The predicted octanol–water partition coefficient (Wildman–Crippen LogP) is 4.78. The molecular weight excluding hydrogens is 811 g/mol. The Morgan fingerprint density at radius 1 is 0.793 bits per heavy atom. The van der Waals surface area contributed by atoms with Crippen LogP contribution in [0.3, 0.4) is 0 Å². The Hall–Kier alpha value is -5.50. The number of aromatic nitrogens is 1. The highest BCUT2D eigenvalue weighted by molar-refractivity contribution is 7.87. The molecule has 0 bridgehead atoms. The highest BCUT2D eigenvalue weighted by Crippen LogP contribution is 2.44. The molecule has 0 saturated heterocycles. The van der Waals surface area contributed by atoms with Gasteiger partial charge in [0.15, 0.2) is 10.3 Å². The van der Waals surface area contributed by atoms with Crippen molar-refractivity contribution in [2.45, 2.75) is 54.8 Å². The van der Waals surface area contributed by atoms with Crippen molar-refractivity contribution < 1.29 is 58.2 Å². The van der Waals surface area contributed by atoms with Gasteiger partial charge in [-0.3, -0.25) is 23.2 Å². The quantitative estimate of drug-likeness (QED) is 0.0686. The van der Waals surface area contributed by atoms with Crippen LogP contribution in [0.5, 0.6) is 0 Å². The van der Waals surface area contributed by atoms with E-state index < -0.39 is 57.4 Å². The van der Waals surface area contributed by atoms with E-state index in [1.54, 1.807) is 73.1 Å². The number of rotatable bonds is 11. The average molecular weight is 849 g/mol. The molecule has 2 aliphatic rings. The first-order valence-electron chi connectivity index (χ1n) is 18.1. The molecule has 1 aliphatic heterocycles. The highest BCUT2D eigenvalue weighted by atomic mass is 32.2. The Bertz CT molecular complexity index is 3180. The van der Waals surface area contributed by atoms with Crippen molar-refractivity contribution in [3.8, 4) is 0 Å². The summed E-state index contributed by atoms with van der Waals surface area (Å²) in [6, 6.07) is 13.3. The predicted molar refractivity (Wildman–Crippen MR) is 216 cm³/mol. The summed E-state index contributed by atoms with van der Waals surface area (Å²) in [5, 5.41) is 15.8. The molecule has 1 atom stereocenters. The summed E-state index contributed by atoms with van der Waals surface area (Å²) >= 11 is 0. The van der Waals surface area contributed by atoms with Gasteiger partial charge in [-0.1, -0.05) is 48.6 Å².